The summed E-state index contributed by atoms with van der Waals surface area (Å²) < 4.78 is 31.8. The summed E-state index contributed by atoms with van der Waals surface area (Å²) in [5.41, 5.74) is 2.37. The Morgan fingerprint density at radius 3 is 2.95 bits per heavy atom. The molecule has 0 fully saturated rings. The summed E-state index contributed by atoms with van der Waals surface area (Å²) in [6, 6.07) is 3.18. The number of aromatic nitrogens is 1. The van der Waals surface area contributed by atoms with E-state index in [4.69, 9.17) is 9.25 Å². The third-order valence-electron chi connectivity index (χ3n) is 2.65. The van der Waals surface area contributed by atoms with Crippen molar-refractivity contribution < 1.29 is 22.8 Å². The van der Waals surface area contributed by atoms with Crippen molar-refractivity contribution in [3.63, 3.8) is 0 Å². The van der Waals surface area contributed by atoms with Gasteiger partial charge in [-0.3, -0.25) is 9.63 Å². The van der Waals surface area contributed by atoms with Crippen molar-refractivity contribution >= 4 is 5.91 Å². The molecule has 0 unspecified atom stereocenters. The number of nitrogens with one attached hydrogen (secondary N) is 1. The lowest BCUT2D eigenvalue weighted by molar-refractivity contribution is -0.133. The molecule has 1 amide bonds. The van der Waals surface area contributed by atoms with Gasteiger partial charge in [-0.15, -0.1) is 0 Å². The lowest BCUT2D eigenvalue weighted by Crippen LogP contribution is -2.23. The lowest BCUT2D eigenvalue weighted by atomic mass is 10.2. The second kappa shape index (κ2) is 6.94. The second-order valence-electron chi connectivity index (χ2n) is 4.20. The average Bonchev–Trinajstić information content (AvgIpc) is 2.91. The molecule has 2 aromatic rings. The molecule has 0 bridgehead atoms. The Morgan fingerprint density at radius 1 is 1.43 bits per heavy atom. The number of carbonyl (C=O) groups is 1. The van der Waals surface area contributed by atoms with E-state index in [1.165, 1.54) is 12.3 Å². The third kappa shape index (κ3) is 4.09. The van der Waals surface area contributed by atoms with Crippen molar-refractivity contribution in [2.75, 3.05) is 6.61 Å². The van der Waals surface area contributed by atoms with Crippen molar-refractivity contribution in [2.45, 2.75) is 19.8 Å². The number of halogens is 2. The van der Waals surface area contributed by atoms with Crippen LogP contribution in [0.5, 0.6) is 0 Å². The van der Waals surface area contributed by atoms with Gasteiger partial charge in [0.05, 0.1) is 18.4 Å². The number of aryl methyl sites for hydroxylation is 1. The molecule has 0 aliphatic carbocycles. The molecule has 1 aromatic carbocycles. The van der Waals surface area contributed by atoms with E-state index in [1.54, 1.807) is 6.92 Å². The summed E-state index contributed by atoms with van der Waals surface area (Å²) in [7, 11) is 0. The fourth-order valence-electron chi connectivity index (χ4n) is 1.66. The van der Waals surface area contributed by atoms with E-state index in [-0.39, 0.29) is 30.1 Å². The van der Waals surface area contributed by atoms with E-state index < -0.39 is 11.6 Å². The molecule has 0 saturated carbocycles. The van der Waals surface area contributed by atoms with Crippen molar-refractivity contribution in [3.8, 4) is 11.3 Å². The summed E-state index contributed by atoms with van der Waals surface area (Å²) in [5.74, 6) is -1.21. The first-order valence-electron chi connectivity index (χ1n) is 6.41. The number of carbonyl (C=O) groups excluding carboxylic acids is 1. The van der Waals surface area contributed by atoms with Crippen LogP contribution in [0.2, 0.25) is 0 Å². The Hall–Kier alpha value is -2.28. The molecule has 1 aromatic heterocycles. The molecule has 5 nitrogen and oxygen atoms in total. The van der Waals surface area contributed by atoms with Crippen LogP contribution in [-0.4, -0.2) is 17.5 Å². The van der Waals surface area contributed by atoms with E-state index in [0.29, 0.717) is 12.5 Å². The molecule has 0 aliphatic heterocycles. The number of hydrogen-bond acceptors (Lipinski definition) is 4. The largest absolute Gasteiger partial charge is 0.441 e. The summed E-state index contributed by atoms with van der Waals surface area (Å²) in [6.07, 6.45) is 1.72. The maximum absolute atomic E-state index is 13.6. The number of hydrogen-bond donors (Lipinski definition) is 1. The van der Waals surface area contributed by atoms with Gasteiger partial charge in [0.2, 0.25) is 5.91 Å². The number of oxazole rings is 1. The molecular formula is C14H14F2N2O3. The quantitative estimate of drug-likeness (QED) is 0.832. The van der Waals surface area contributed by atoms with Crippen molar-refractivity contribution in [3.05, 3.63) is 41.9 Å². The summed E-state index contributed by atoms with van der Waals surface area (Å²) in [4.78, 5) is 20.0. The Balaban J connectivity index is 1.99. The Kier molecular flexibility index (Phi) is 4.99. The van der Waals surface area contributed by atoms with Crippen molar-refractivity contribution in [1.82, 2.24) is 10.5 Å². The second-order valence-corrected chi connectivity index (χ2v) is 4.20. The van der Waals surface area contributed by atoms with E-state index in [9.17, 15) is 13.6 Å². The Labute approximate surface area is 119 Å². The maximum atomic E-state index is 13.6. The Bertz CT molecular complexity index is 628. The smallest absolute Gasteiger partial charge is 0.244 e. The van der Waals surface area contributed by atoms with Gasteiger partial charge in [0, 0.05) is 18.9 Å². The summed E-state index contributed by atoms with van der Waals surface area (Å²) in [6.45, 7) is 2.12. The molecule has 7 heteroatoms. The molecule has 0 spiro atoms. The number of hydroxylamine groups is 1. The van der Waals surface area contributed by atoms with Gasteiger partial charge in [-0.25, -0.2) is 19.2 Å². The van der Waals surface area contributed by atoms with Gasteiger partial charge in [-0.2, -0.15) is 0 Å². The average molecular weight is 296 g/mol. The van der Waals surface area contributed by atoms with Crippen LogP contribution in [0.4, 0.5) is 8.78 Å². The minimum atomic E-state index is -0.730. The zero-order valence-electron chi connectivity index (χ0n) is 11.4. The molecule has 2 rings (SSSR count). The first kappa shape index (κ1) is 15.1. The van der Waals surface area contributed by atoms with E-state index in [2.05, 4.69) is 10.5 Å². The number of rotatable bonds is 6. The van der Waals surface area contributed by atoms with Crippen LogP contribution in [0.1, 0.15) is 19.2 Å². The zero-order valence-corrected chi connectivity index (χ0v) is 11.4. The normalized spacial score (nSPS) is 10.6. The fraction of sp³-hybridized carbons (Fsp3) is 0.286. The van der Waals surface area contributed by atoms with Crippen LogP contribution in [-0.2, 0) is 16.1 Å². The van der Waals surface area contributed by atoms with Crippen LogP contribution >= 0.6 is 0 Å². The highest BCUT2D eigenvalue weighted by Crippen LogP contribution is 2.24. The zero-order chi connectivity index (χ0) is 15.2. The molecule has 0 saturated heterocycles. The molecule has 112 valence electrons. The van der Waals surface area contributed by atoms with Crippen LogP contribution in [0.3, 0.4) is 0 Å². The van der Waals surface area contributed by atoms with E-state index >= 15 is 0 Å². The van der Waals surface area contributed by atoms with Gasteiger partial charge in [0.15, 0.2) is 11.7 Å². The maximum Gasteiger partial charge on any atom is 0.244 e. The minimum Gasteiger partial charge on any atom is -0.441 e. The molecule has 0 radical (unpaired) electrons. The molecule has 1 N–H and O–H groups in total. The van der Waals surface area contributed by atoms with Crippen LogP contribution in [0, 0.1) is 11.6 Å². The first-order chi connectivity index (χ1) is 10.1. The predicted octanol–water partition coefficient (Wildman–Crippen LogP) is 2.62. The van der Waals surface area contributed by atoms with Crippen LogP contribution < -0.4 is 5.48 Å². The fourth-order valence-corrected chi connectivity index (χ4v) is 1.66. The first-order valence-corrected chi connectivity index (χ1v) is 6.41. The molecule has 21 heavy (non-hydrogen) atoms. The van der Waals surface area contributed by atoms with Crippen LogP contribution in [0.15, 0.2) is 28.8 Å². The highest BCUT2D eigenvalue weighted by atomic mass is 19.1. The molecular weight excluding hydrogens is 282 g/mol. The standard InChI is InChI=1S/C14H14F2N2O3/c1-2-20-18-13(19)5-6-14-17-8-12(21-14)10-4-3-9(15)7-11(10)16/h3-4,7-8H,2,5-6H2,1H3,(H,18,19). The van der Waals surface area contributed by atoms with Gasteiger partial charge < -0.3 is 4.42 Å². The monoisotopic (exact) mass is 296 g/mol. The minimum absolute atomic E-state index is 0.119. The van der Waals surface area contributed by atoms with Crippen molar-refractivity contribution in [1.29, 1.82) is 0 Å². The number of benzene rings is 1. The van der Waals surface area contributed by atoms with Gasteiger partial charge in [0.1, 0.15) is 11.6 Å². The third-order valence-corrected chi connectivity index (χ3v) is 2.65. The highest BCUT2D eigenvalue weighted by Gasteiger charge is 2.12. The van der Waals surface area contributed by atoms with E-state index in [1.807, 2.05) is 0 Å². The Morgan fingerprint density at radius 2 is 2.24 bits per heavy atom. The predicted molar refractivity (Wildman–Crippen MR) is 69.9 cm³/mol. The summed E-state index contributed by atoms with van der Waals surface area (Å²) in [5, 5.41) is 0. The van der Waals surface area contributed by atoms with Crippen LogP contribution in [0.25, 0.3) is 11.3 Å². The topological polar surface area (TPSA) is 64.4 Å². The van der Waals surface area contributed by atoms with E-state index in [0.717, 1.165) is 12.1 Å². The molecule has 1 heterocycles. The number of amides is 1. The van der Waals surface area contributed by atoms with Gasteiger partial charge in [-0.05, 0) is 19.1 Å². The lowest BCUT2D eigenvalue weighted by Gasteiger charge is -2.01. The summed E-state index contributed by atoms with van der Waals surface area (Å²) >= 11 is 0. The SMILES string of the molecule is CCONC(=O)CCc1ncc(-c2ccc(F)cc2F)o1. The van der Waals surface area contributed by atoms with Gasteiger partial charge in [0.25, 0.3) is 0 Å². The van der Waals surface area contributed by atoms with Crippen molar-refractivity contribution in [2.24, 2.45) is 0 Å². The van der Waals surface area contributed by atoms with Gasteiger partial charge in [-0.1, -0.05) is 0 Å². The molecule has 0 aliphatic rings. The highest BCUT2D eigenvalue weighted by molar-refractivity contribution is 5.74. The molecule has 0 atom stereocenters. The number of nitrogens with zero attached hydrogens (tertiary/aromatic N) is 1. The van der Waals surface area contributed by atoms with Gasteiger partial charge >= 0.3 is 0 Å².